The molecule has 28 heavy (non-hydrogen) atoms. The summed E-state index contributed by atoms with van der Waals surface area (Å²) in [6, 6.07) is 8.22. The standard InChI is InChI=1S/C19H19ClF3N3O2/c1-28-16-5-3-2-4-13(16)10-17(27)25-6-8-26(9-7-25)18-15(20)11-14(12-24-18)19(21,22)23/h2-5,11-12H,6-10H2,1H3. The number of ether oxygens (including phenoxy) is 1. The Hall–Kier alpha value is -2.48. The molecule has 0 bridgehead atoms. The van der Waals surface area contributed by atoms with Crippen LogP contribution in [0.1, 0.15) is 11.1 Å². The number of benzene rings is 1. The smallest absolute Gasteiger partial charge is 0.417 e. The maximum atomic E-state index is 12.7. The van der Waals surface area contributed by atoms with Crippen LogP contribution < -0.4 is 9.64 Å². The predicted molar refractivity (Wildman–Crippen MR) is 99.7 cm³/mol. The highest BCUT2D eigenvalue weighted by Crippen LogP contribution is 2.33. The van der Waals surface area contributed by atoms with Crippen LogP contribution in [0.3, 0.4) is 0 Å². The van der Waals surface area contributed by atoms with E-state index in [2.05, 4.69) is 4.98 Å². The van der Waals surface area contributed by atoms with E-state index in [0.29, 0.717) is 37.7 Å². The molecule has 0 atom stereocenters. The first-order valence-corrected chi connectivity index (χ1v) is 9.04. The highest BCUT2D eigenvalue weighted by atomic mass is 35.5. The van der Waals surface area contributed by atoms with Crippen LogP contribution in [0, 0.1) is 0 Å². The molecule has 1 aliphatic heterocycles. The van der Waals surface area contributed by atoms with E-state index >= 15 is 0 Å². The first-order valence-electron chi connectivity index (χ1n) is 8.67. The highest BCUT2D eigenvalue weighted by Gasteiger charge is 2.32. The van der Waals surface area contributed by atoms with E-state index in [1.165, 1.54) is 0 Å². The summed E-state index contributed by atoms with van der Waals surface area (Å²) in [5.74, 6) is 0.928. The number of carbonyl (C=O) groups excluding carboxylic acids is 1. The second-order valence-corrected chi connectivity index (χ2v) is 6.79. The highest BCUT2D eigenvalue weighted by molar-refractivity contribution is 6.33. The van der Waals surface area contributed by atoms with Gasteiger partial charge in [-0.1, -0.05) is 29.8 Å². The monoisotopic (exact) mass is 413 g/mol. The van der Waals surface area contributed by atoms with Crippen LogP contribution >= 0.6 is 11.6 Å². The fraction of sp³-hybridized carbons (Fsp3) is 0.368. The summed E-state index contributed by atoms with van der Waals surface area (Å²) in [7, 11) is 1.56. The number of hydrogen-bond acceptors (Lipinski definition) is 4. The lowest BCUT2D eigenvalue weighted by Gasteiger charge is -2.36. The number of piperazine rings is 1. The van der Waals surface area contributed by atoms with Crippen LogP contribution in [0.2, 0.25) is 5.02 Å². The van der Waals surface area contributed by atoms with Gasteiger partial charge < -0.3 is 14.5 Å². The predicted octanol–water partition coefficient (Wildman–Crippen LogP) is 3.65. The molecule has 0 N–H and O–H groups in total. The van der Waals surface area contributed by atoms with Crippen molar-refractivity contribution in [2.45, 2.75) is 12.6 Å². The van der Waals surface area contributed by atoms with E-state index in [-0.39, 0.29) is 17.4 Å². The molecule has 1 amide bonds. The number of carbonyl (C=O) groups is 1. The Morgan fingerprint density at radius 2 is 1.89 bits per heavy atom. The molecule has 0 aliphatic carbocycles. The molecule has 5 nitrogen and oxygen atoms in total. The number of para-hydroxylation sites is 1. The van der Waals surface area contributed by atoms with E-state index in [1.807, 2.05) is 18.2 Å². The van der Waals surface area contributed by atoms with Crippen molar-refractivity contribution in [1.29, 1.82) is 0 Å². The number of nitrogens with zero attached hydrogens (tertiary/aromatic N) is 3. The summed E-state index contributed by atoms with van der Waals surface area (Å²) in [4.78, 5) is 20.0. The van der Waals surface area contributed by atoms with Gasteiger partial charge in [-0.25, -0.2) is 4.98 Å². The zero-order valence-electron chi connectivity index (χ0n) is 15.2. The topological polar surface area (TPSA) is 45.7 Å². The third-order valence-electron chi connectivity index (χ3n) is 4.62. The second kappa shape index (κ2) is 8.26. The first-order chi connectivity index (χ1) is 13.3. The first kappa shape index (κ1) is 20.3. The van der Waals surface area contributed by atoms with Crippen LogP contribution in [-0.2, 0) is 17.4 Å². The molecule has 9 heteroatoms. The average molecular weight is 414 g/mol. The minimum absolute atomic E-state index is 0.0318. The van der Waals surface area contributed by atoms with Crippen molar-refractivity contribution in [2.24, 2.45) is 0 Å². The molecule has 0 saturated carbocycles. The lowest BCUT2D eigenvalue weighted by atomic mass is 10.1. The third-order valence-corrected chi connectivity index (χ3v) is 4.89. The van der Waals surface area contributed by atoms with Crippen molar-refractivity contribution in [2.75, 3.05) is 38.2 Å². The Bertz CT molecular complexity index is 853. The Kier molecular flexibility index (Phi) is 5.98. The minimum Gasteiger partial charge on any atom is -0.496 e. The van der Waals surface area contributed by atoms with Crippen LogP contribution in [0.4, 0.5) is 19.0 Å². The second-order valence-electron chi connectivity index (χ2n) is 6.38. The molecule has 0 radical (unpaired) electrons. The van der Waals surface area contributed by atoms with E-state index in [4.69, 9.17) is 16.3 Å². The molecule has 3 rings (SSSR count). The lowest BCUT2D eigenvalue weighted by Crippen LogP contribution is -2.49. The number of halogens is 4. The number of pyridine rings is 1. The van der Waals surface area contributed by atoms with Gasteiger partial charge in [-0.15, -0.1) is 0 Å². The van der Waals surface area contributed by atoms with Gasteiger partial charge in [0.25, 0.3) is 0 Å². The van der Waals surface area contributed by atoms with E-state index in [9.17, 15) is 18.0 Å². The van der Waals surface area contributed by atoms with Crippen molar-refractivity contribution in [3.05, 3.63) is 52.7 Å². The molecule has 0 spiro atoms. The number of rotatable bonds is 4. The van der Waals surface area contributed by atoms with Gasteiger partial charge in [0.05, 0.1) is 24.1 Å². The van der Waals surface area contributed by atoms with Gasteiger partial charge in [-0.05, 0) is 12.1 Å². The van der Waals surface area contributed by atoms with Gasteiger partial charge >= 0.3 is 6.18 Å². The Balaban J connectivity index is 1.62. The van der Waals surface area contributed by atoms with Gasteiger partial charge in [-0.2, -0.15) is 13.2 Å². The molecular weight excluding hydrogens is 395 g/mol. The van der Waals surface area contributed by atoms with Gasteiger partial charge in [0.2, 0.25) is 5.91 Å². The number of aromatic nitrogens is 1. The molecule has 2 heterocycles. The van der Waals surface area contributed by atoms with Crippen molar-refractivity contribution in [1.82, 2.24) is 9.88 Å². The fourth-order valence-corrected chi connectivity index (χ4v) is 3.40. The van der Waals surface area contributed by atoms with Crippen LogP contribution in [-0.4, -0.2) is 49.1 Å². The maximum absolute atomic E-state index is 12.7. The molecule has 1 fully saturated rings. The van der Waals surface area contributed by atoms with Gasteiger partial charge in [0.15, 0.2) is 0 Å². The minimum atomic E-state index is -4.49. The average Bonchev–Trinajstić information content (AvgIpc) is 2.68. The van der Waals surface area contributed by atoms with Gasteiger partial charge in [-0.3, -0.25) is 4.79 Å². The van der Waals surface area contributed by atoms with Crippen molar-refractivity contribution in [3.8, 4) is 5.75 Å². The molecule has 150 valence electrons. The van der Waals surface area contributed by atoms with Crippen molar-refractivity contribution < 1.29 is 22.7 Å². The molecular formula is C19H19ClF3N3O2. The summed E-state index contributed by atoms with van der Waals surface area (Å²) in [5, 5.41) is -0.0522. The normalized spacial score (nSPS) is 14.9. The molecule has 0 unspecified atom stereocenters. The molecule has 1 aliphatic rings. The van der Waals surface area contributed by atoms with Gasteiger partial charge in [0.1, 0.15) is 11.6 Å². The quantitative estimate of drug-likeness (QED) is 0.767. The van der Waals surface area contributed by atoms with Crippen LogP contribution in [0.5, 0.6) is 5.75 Å². The Morgan fingerprint density at radius 3 is 2.50 bits per heavy atom. The van der Waals surface area contributed by atoms with E-state index in [1.54, 1.807) is 23.0 Å². The number of methoxy groups -OCH3 is 1. The molecule has 2 aromatic rings. The summed E-state index contributed by atoms with van der Waals surface area (Å²) in [6.07, 6.45) is -3.48. The maximum Gasteiger partial charge on any atom is 0.417 e. The number of anilines is 1. The zero-order valence-corrected chi connectivity index (χ0v) is 15.9. The molecule has 1 aromatic heterocycles. The number of hydrogen-bond donors (Lipinski definition) is 0. The molecule has 1 saturated heterocycles. The van der Waals surface area contributed by atoms with Crippen molar-refractivity contribution >= 4 is 23.3 Å². The zero-order chi connectivity index (χ0) is 20.3. The van der Waals surface area contributed by atoms with E-state index < -0.39 is 11.7 Å². The SMILES string of the molecule is COc1ccccc1CC(=O)N1CCN(c2ncc(C(F)(F)F)cc2Cl)CC1. The molecule has 1 aromatic carbocycles. The van der Waals surface area contributed by atoms with Gasteiger partial charge in [0, 0.05) is 37.9 Å². The number of alkyl halides is 3. The fourth-order valence-electron chi connectivity index (χ4n) is 3.11. The lowest BCUT2D eigenvalue weighted by molar-refractivity contribution is -0.137. The number of amides is 1. The summed E-state index contributed by atoms with van der Waals surface area (Å²) < 4.78 is 43.5. The summed E-state index contributed by atoms with van der Waals surface area (Å²) in [6.45, 7) is 1.76. The van der Waals surface area contributed by atoms with Crippen LogP contribution in [0.15, 0.2) is 36.5 Å². The summed E-state index contributed by atoms with van der Waals surface area (Å²) >= 11 is 6.01. The van der Waals surface area contributed by atoms with Crippen molar-refractivity contribution in [3.63, 3.8) is 0 Å². The Labute approximate surface area is 165 Å². The largest absolute Gasteiger partial charge is 0.496 e. The third kappa shape index (κ3) is 4.49. The van der Waals surface area contributed by atoms with E-state index in [0.717, 1.165) is 17.8 Å². The summed E-state index contributed by atoms with van der Waals surface area (Å²) in [5.41, 5.74) is -0.0725. The Morgan fingerprint density at radius 1 is 1.21 bits per heavy atom. The van der Waals surface area contributed by atoms with Crippen LogP contribution in [0.25, 0.3) is 0 Å².